The molecule has 132 valence electrons. The largest absolute Gasteiger partial charge is 0.496 e. The van der Waals surface area contributed by atoms with Crippen molar-refractivity contribution in [3.05, 3.63) is 52.6 Å². The molecule has 0 amide bonds. The predicted molar refractivity (Wildman–Crippen MR) is 99.4 cm³/mol. The normalized spacial score (nSPS) is 15.0. The number of nitrogens with zero attached hydrogens (tertiary/aromatic N) is 2. The van der Waals surface area contributed by atoms with Crippen molar-refractivity contribution < 1.29 is 9.66 Å². The molecule has 0 radical (unpaired) electrons. The van der Waals surface area contributed by atoms with E-state index in [-0.39, 0.29) is 10.6 Å². The third-order valence-electron chi connectivity index (χ3n) is 4.82. The molecule has 0 atom stereocenters. The summed E-state index contributed by atoms with van der Waals surface area (Å²) < 4.78 is 5.46. The molecule has 1 N–H and O–H groups in total. The number of ether oxygens (including phenoxy) is 1. The molecule has 0 aromatic heterocycles. The van der Waals surface area contributed by atoms with E-state index in [1.54, 1.807) is 19.2 Å². The lowest BCUT2D eigenvalue weighted by molar-refractivity contribution is -0.384. The molecule has 2 aromatic rings. The van der Waals surface area contributed by atoms with Gasteiger partial charge in [-0.1, -0.05) is 18.2 Å². The van der Waals surface area contributed by atoms with Crippen molar-refractivity contribution in [2.24, 2.45) is 0 Å². The molecule has 3 rings (SSSR count). The highest BCUT2D eigenvalue weighted by Gasteiger charge is 2.22. The van der Waals surface area contributed by atoms with Crippen molar-refractivity contribution in [1.29, 1.82) is 0 Å². The standard InChI is InChI=1S/C19H23N3O3/c1-21(14-9-11-20-12-10-14)18-6-4-3-5-16(18)17-13-15(22(23)24)7-8-19(17)25-2/h3-8,13-14,20H,9-12H2,1-2H3. The molecule has 1 aliphatic heterocycles. The monoisotopic (exact) mass is 341 g/mol. The number of anilines is 1. The molecule has 0 aliphatic carbocycles. The number of non-ortho nitro benzene ring substituents is 1. The number of benzene rings is 2. The number of hydrogen-bond donors (Lipinski definition) is 1. The van der Waals surface area contributed by atoms with Crippen molar-refractivity contribution >= 4 is 11.4 Å². The Morgan fingerprint density at radius 2 is 1.88 bits per heavy atom. The third-order valence-corrected chi connectivity index (χ3v) is 4.82. The molecular formula is C19H23N3O3. The van der Waals surface area contributed by atoms with E-state index in [9.17, 15) is 10.1 Å². The first-order valence-electron chi connectivity index (χ1n) is 8.47. The Kier molecular flexibility index (Phi) is 5.19. The van der Waals surface area contributed by atoms with Crippen molar-refractivity contribution in [2.45, 2.75) is 18.9 Å². The van der Waals surface area contributed by atoms with E-state index in [1.165, 1.54) is 6.07 Å². The SMILES string of the molecule is COc1ccc([N+](=O)[O-])cc1-c1ccccc1N(C)C1CCNCC1. The first kappa shape index (κ1) is 17.2. The molecule has 6 nitrogen and oxygen atoms in total. The molecule has 0 bridgehead atoms. The number of methoxy groups -OCH3 is 1. The molecule has 0 unspecified atom stereocenters. The van der Waals surface area contributed by atoms with Gasteiger partial charge in [-0.2, -0.15) is 0 Å². The van der Waals surface area contributed by atoms with Crippen LogP contribution in [-0.2, 0) is 0 Å². The molecular weight excluding hydrogens is 318 g/mol. The molecule has 2 aromatic carbocycles. The first-order valence-corrected chi connectivity index (χ1v) is 8.47. The van der Waals surface area contributed by atoms with E-state index in [2.05, 4.69) is 23.3 Å². The van der Waals surface area contributed by atoms with E-state index in [4.69, 9.17) is 4.74 Å². The van der Waals surface area contributed by atoms with E-state index in [0.717, 1.165) is 42.7 Å². The molecule has 1 saturated heterocycles. The zero-order chi connectivity index (χ0) is 17.8. The Labute approximate surface area is 147 Å². The number of nitrogens with one attached hydrogen (secondary N) is 1. The van der Waals surface area contributed by atoms with Crippen LogP contribution in [0.5, 0.6) is 5.75 Å². The Morgan fingerprint density at radius 3 is 2.56 bits per heavy atom. The molecule has 1 heterocycles. The fraction of sp³-hybridized carbons (Fsp3) is 0.368. The maximum absolute atomic E-state index is 11.2. The average molecular weight is 341 g/mol. The topological polar surface area (TPSA) is 67.6 Å². The smallest absolute Gasteiger partial charge is 0.270 e. The van der Waals surface area contributed by atoms with Crippen LogP contribution in [0.2, 0.25) is 0 Å². The van der Waals surface area contributed by atoms with Gasteiger partial charge in [0.2, 0.25) is 0 Å². The van der Waals surface area contributed by atoms with Gasteiger partial charge >= 0.3 is 0 Å². The minimum absolute atomic E-state index is 0.0649. The maximum Gasteiger partial charge on any atom is 0.270 e. The van der Waals surface area contributed by atoms with Crippen molar-refractivity contribution in [1.82, 2.24) is 5.32 Å². The van der Waals surface area contributed by atoms with Gasteiger partial charge in [-0.05, 0) is 38.1 Å². The maximum atomic E-state index is 11.2. The second kappa shape index (κ2) is 7.53. The van der Waals surface area contributed by atoms with Gasteiger partial charge in [0.1, 0.15) is 5.75 Å². The quantitative estimate of drug-likeness (QED) is 0.666. The number of rotatable bonds is 5. The van der Waals surface area contributed by atoms with E-state index in [0.29, 0.717) is 11.8 Å². The zero-order valence-electron chi connectivity index (χ0n) is 14.6. The van der Waals surface area contributed by atoms with Crippen LogP contribution >= 0.6 is 0 Å². The molecule has 0 spiro atoms. The van der Waals surface area contributed by atoms with Crippen molar-refractivity contribution in [3.63, 3.8) is 0 Å². The van der Waals surface area contributed by atoms with Crippen molar-refractivity contribution in [2.75, 3.05) is 32.1 Å². The molecule has 1 aliphatic rings. The molecule has 0 saturated carbocycles. The Bertz CT molecular complexity index is 757. The van der Waals surface area contributed by atoms with E-state index in [1.807, 2.05) is 18.2 Å². The summed E-state index contributed by atoms with van der Waals surface area (Å²) in [6.07, 6.45) is 2.16. The number of hydrogen-bond acceptors (Lipinski definition) is 5. The second-order valence-corrected chi connectivity index (χ2v) is 6.25. The summed E-state index contributed by atoms with van der Waals surface area (Å²) in [6, 6.07) is 13.2. The van der Waals surface area contributed by atoms with Gasteiger partial charge < -0.3 is 15.0 Å². The first-order chi connectivity index (χ1) is 12.1. The van der Waals surface area contributed by atoms with E-state index >= 15 is 0 Å². The Hall–Kier alpha value is -2.60. The fourth-order valence-corrected chi connectivity index (χ4v) is 3.42. The minimum Gasteiger partial charge on any atom is -0.496 e. The predicted octanol–water partition coefficient (Wildman–Crippen LogP) is 3.46. The lowest BCUT2D eigenvalue weighted by Gasteiger charge is -2.34. The lowest BCUT2D eigenvalue weighted by atomic mass is 9.98. The van der Waals surface area contributed by atoms with E-state index < -0.39 is 0 Å². The number of para-hydroxylation sites is 1. The second-order valence-electron chi connectivity index (χ2n) is 6.25. The fourth-order valence-electron chi connectivity index (χ4n) is 3.42. The molecule has 1 fully saturated rings. The highest BCUT2D eigenvalue weighted by molar-refractivity contribution is 5.83. The van der Waals surface area contributed by atoms with Gasteiger partial charge in [0.05, 0.1) is 12.0 Å². The van der Waals surface area contributed by atoms with Crippen LogP contribution in [0.1, 0.15) is 12.8 Å². The summed E-state index contributed by atoms with van der Waals surface area (Å²) in [5.74, 6) is 0.636. The highest BCUT2D eigenvalue weighted by atomic mass is 16.6. The van der Waals surface area contributed by atoms with Crippen molar-refractivity contribution in [3.8, 4) is 16.9 Å². The van der Waals surface area contributed by atoms with Gasteiger partial charge in [-0.25, -0.2) is 0 Å². The van der Waals surface area contributed by atoms with Crippen LogP contribution in [0.3, 0.4) is 0 Å². The summed E-state index contributed by atoms with van der Waals surface area (Å²) in [6.45, 7) is 2.02. The van der Waals surface area contributed by atoms with Crippen LogP contribution in [0, 0.1) is 10.1 Å². The summed E-state index contributed by atoms with van der Waals surface area (Å²) in [5.41, 5.74) is 2.82. The van der Waals surface area contributed by atoms with Crippen LogP contribution in [0.25, 0.3) is 11.1 Å². The summed E-state index contributed by atoms with van der Waals surface area (Å²) in [7, 11) is 3.68. The Balaban J connectivity index is 2.06. The van der Waals surface area contributed by atoms with Gasteiger partial charge in [0, 0.05) is 42.0 Å². The number of piperidine rings is 1. The van der Waals surface area contributed by atoms with Crippen LogP contribution in [0.4, 0.5) is 11.4 Å². The zero-order valence-corrected chi connectivity index (χ0v) is 14.6. The van der Waals surface area contributed by atoms with Crippen LogP contribution < -0.4 is 15.0 Å². The molecule has 25 heavy (non-hydrogen) atoms. The Morgan fingerprint density at radius 1 is 1.16 bits per heavy atom. The van der Waals surface area contributed by atoms with Gasteiger partial charge in [-0.15, -0.1) is 0 Å². The van der Waals surface area contributed by atoms with Gasteiger partial charge in [0.15, 0.2) is 0 Å². The van der Waals surface area contributed by atoms with Gasteiger partial charge in [0.25, 0.3) is 5.69 Å². The summed E-state index contributed by atoms with van der Waals surface area (Å²) >= 11 is 0. The third kappa shape index (κ3) is 3.58. The average Bonchev–Trinajstić information content (AvgIpc) is 2.67. The summed E-state index contributed by atoms with van der Waals surface area (Å²) in [4.78, 5) is 13.1. The van der Waals surface area contributed by atoms with Crippen LogP contribution in [-0.4, -0.2) is 38.2 Å². The minimum atomic E-state index is -0.373. The van der Waals surface area contributed by atoms with Gasteiger partial charge in [-0.3, -0.25) is 10.1 Å². The molecule has 6 heteroatoms. The number of nitro groups is 1. The summed E-state index contributed by atoms with van der Waals surface area (Å²) in [5, 5.41) is 14.6. The van der Waals surface area contributed by atoms with Crippen LogP contribution in [0.15, 0.2) is 42.5 Å². The lowest BCUT2D eigenvalue weighted by Crippen LogP contribution is -2.41. The number of nitro benzene ring substituents is 1. The highest BCUT2D eigenvalue weighted by Crippen LogP contribution is 2.39.